The van der Waals surface area contributed by atoms with E-state index in [2.05, 4.69) is 48.3 Å². The van der Waals surface area contributed by atoms with Crippen LogP contribution in [0.4, 0.5) is 0 Å². The fraction of sp³-hybridized carbons (Fsp3) is 0.429. The minimum absolute atomic E-state index is 0.418. The number of hydrogen-bond acceptors (Lipinski definition) is 3. The summed E-state index contributed by atoms with van der Waals surface area (Å²) in [5, 5.41) is 7.91. The third kappa shape index (κ3) is 3.17. The molecule has 0 fully saturated rings. The van der Waals surface area contributed by atoms with Gasteiger partial charge >= 0.3 is 0 Å². The largest absolute Gasteiger partial charge is 0.307 e. The van der Waals surface area contributed by atoms with Gasteiger partial charge in [0.25, 0.3) is 0 Å². The van der Waals surface area contributed by atoms with Gasteiger partial charge in [-0.15, -0.1) is 0 Å². The summed E-state index contributed by atoms with van der Waals surface area (Å²) in [4.78, 5) is 4.09. The van der Waals surface area contributed by atoms with E-state index in [0.29, 0.717) is 6.04 Å². The minimum Gasteiger partial charge on any atom is -0.307 e. The molecule has 0 unspecified atom stereocenters. The lowest BCUT2D eigenvalue weighted by Gasteiger charge is -2.06. The standard InChI is InChI=1S/C14H20N4/c1-11(2)18-7-5-14(17-18)10-16-9-13-4-6-15-8-12(13)3/h4-8,11,16H,9-10H2,1-3H3. The van der Waals surface area contributed by atoms with Crippen LogP contribution in [0.2, 0.25) is 0 Å². The monoisotopic (exact) mass is 244 g/mol. The van der Waals surface area contributed by atoms with Gasteiger partial charge in [-0.1, -0.05) is 0 Å². The van der Waals surface area contributed by atoms with Gasteiger partial charge in [0.15, 0.2) is 0 Å². The highest BCUT2D eigenvalue weighted by atomic mass is 15.3. The van der Waals surface area contributed by atoms with Crippen molar-refractivity contribution in [1.29, 1.82) is 0 Å². The average Bonchev–Trinajstić information content (AvgIpc) is 2.80. The molecule has 1 N–H and O–H groups in total. The van der Waals surface area contributed by atoms with Crippen molar-refractivity contribution in [2.75, 3.05) is 0 Å². The van der Waals surface area contributed by atoms with E-state index in [1.165, 1.54) is 11.1 Å². The molecule has 18 heavy (non-hydrogen) atoms. The average molecular weight is 244 g/mol. The first-order valence-corrected chi connectivity index (χ1v) is 6.31. The zero-order chi connectivity index (χ0) is 13.0. The second kappa shape index (κ2) is 5.78. The lowest BCUT2D eigenvalue weighted by Crippen LogP contribution is -2.14. The number of pyridine rings is 1. The minimum atomic E-state index is 0.418. The van der Waals surface area contributed by atoms with Crippen LogP contribution in [-0.2, 0) is 13.1 Å². The van der Waals surface area contributed by atoms with E-state index >= 15 is 0 Å². The van der Waals surface area contributed by atoms with Crippen molar-refractivity contribution in [3.05, 3.63) is 47.5 Å². The zero-order valence-corrected chi connectivity index (χ0v) is 11.2. The van der Waals surface area contributed by atoms with Crippen molar-refractivity contribution in [3.8, 4) is 0 Å². The van der Waals surface area contributed by atoms with E-state index in [1.54, 1.807) is 0 Å². The Bertz CT molecular complexity index is 502. The van der Waals surface area contributed by atoms with Gasteiger partial charge in [0.1, 0.15) is 0 Å². The summed E-state index contributed by atoms with van der Waals surface area (Å²) in [5.41, 5.74) is 3.58. The highest BCUT2D eigenvalue weighted by molar-refractivity contribution is 5.21. The Morgan fingerprint density at radius 3 is 2.78 bits per heavy atom. The summed E-state index contributed by atoms with van der Waals surface area (Å²) in [6.07, 6.45) is 5.75. The molecular formula is C14H20N4. The maximum atomic E-state index is 4.51. The lowest BCUT2D eigenvalue weighted by atomic mass is 10.1. The number of aryl methyl sites for hydroxylation is 1. The Morgan fingerprint density at radius 2 is 2.11 bits per heavy atom. The van der Waals surface area contributed by atoms with Crippen LogP contribution in [0.5, 0.6) is 0 Å². The fourth-order valence-electron chi connectivity index (χ4n) is 1.79. The smallest absolute Gasteiger partial charge is 0.0762 e. The van der Waals surface area contributed by atoms with E-state index in [9.17, 15) is 0 Å². The van der Waals surface area contributed by atoms with E-state index < -0.39 is 0 Å². The topological polar surface area (TPSA) is 42.7 Å². The molecule has 0 aliphatic carbocycles. The molecular weight excluding hydrogens is 224 g/mol. The molecule has 0 bridgehead atoms. The van der Waals surface area contributed by atoms with Crippen LogP contribution in [-0.4, -0.2) is 14.8 Å². The zero-order valence-electron chi connectivity index (χ0n) is 11.2. The molecule has 4 nitrogen and oxygen atoms in total. The van der Waals surface area contributed by atoms with E-state index in [4.69, 9.17) is 0 Å². The van der Waals surface area contributed by atoms with Gasteiger partial charge in [-0.05, 0) is 44.0 Å². The summed E-state index contributed by atoms with van der Waals surface area (Å²) in [7, 11) is 0. The second-order valence-electron chi connectivity index (χ2n) is 4.79. The lowest BCUT2D eigenvalue weighted by molar-refractivity contribution is 0.521. The number of nitrogens with one attached hydrogen (secondary N) is 1. The van der Waals surface area contributed by atoms with Crippen LogP contribution >= 0.6 is 0 Å². The molecule has 2 aromatic rings. The highest BCUT2D eigenvalue weighted by Gasteiger charge is 2.02. The third-order valence-corrected chi connectivity index (χ3v) is 2.95. The molecule has 0 radical (unpaired) electrons. The summed E-state index contributed by atoms with van der Waals surface area (Å²) >= 11 is 0. The third-order valence-electron chi connectivity index (χ3n) is 2.95. The van der Waals surface area contributed by atoms with Gasteiger partial charge in [-0.2, -0.15) is 5.10 Å². The van der Waals surface area contributed by atoms with E-state index in [-0.39, 0.29) is 0 Å². The number of aromatic nitrogens is 3. The van der Waals surface area contributed by atoms with Gasteiger partial charge < -0.3 is 5.32 Å². The van der Waals surface area contributed by atoms with E-state index in [1.807, 2.05) is 23.3 Å². The predicted molar refractivity (Wildman–Crippen MR) is 72.1 cm³/mol. The fourth-order valence-corrected chi connectivity index (χ4v) is 1.79. The summed E-state index contributed by atoms with van der Waals surface area (Å²) < 4.78 is 1.98. The van der Waals surface area contributed by atoms with Crippen LogP contribution in [0.3, 0.4) is 0 Å². The van der Waals surface area contributed by atoms with Gasteiger partial charge in [-0.3, -0.25) is 9.67 Å². The van der Waals surface area contributed by atoms with Crippen LogP contribution in [0.1, 0.15) is 36.7 Å². The SMILES string of the molecule is Cc1cnccc1CNCc1ccn(C(C)C)n1. The van der Waals surface area contributed by atoms with Gasteiger partial charge in [0, 0.05) is 37.7 Å². The first kappa shape index (κ1) is 12.8. The predicted octanol–water partition coefficient (Wildman–Crippen LogP) is 2.46. The second-order valence-corrected chi connectivity index (χ2v) is 4.79. The molecule has 0 saturated carbocycles. The molecule has 0 spiro atoms. The Balaban J connectivity index is 1.87. The van der Waals surface area contributed by atoms with Gasteiger partial charge in [0.05, 0.1) is 5.69 Å². The summed E-state index contributed by atoms with van der Waals surface area (Å²) in [6, 6.07) is 4.53. The first-order valence-electron chi connectivity index (χ1n) is 6.31. The Morgan fingerprint density at radius 1 is 1.28 bits per heavy atom. The highest BCUT2D eigenvalue weighted by Crippen LogP contribution is 2.06. The number of rotatable bonds is 5. The van der Waals surface area contributed by atoms with Crippen molar-refractivity contribution in [2.24, 2.45) is 0 Å². The maximum Gasteiger partial charge on any atom is 0.0762 e. The van der Waals surface area contributed by atoms with Crippen LogP contribution in [0.25, 0.3) is 0 Å². The molecule has 0 amide bonds. The van der Waals surface area contributed by atoms with Gasteiger partial charge in [0.2, 0.25) is 0 Å². The van der Waals surface area contributed by atoms with Crippen molar-refractivity contribution in [3.63, 3.8) is 0 Å². The van der Waals surface area contributed by atoms with Crippen LogP contribution in [0.15, 0.2) is 30.7 Å². The van der Waals surface area contributed by atoms with Crippen LogP contribution < -0.4 is 5.32 Å². The summed E-state index contributed by atoms with van der Waals surface area (Å²) in [6.45, 7) is 7.98. The maximum absolute atomic E-state index is 4.51. The molecule has 0 aliphatic heterocycles. The molecule has 2 rings (SSSR count). The number of hydrogen-bond donors (Lipinski definition) is 1. The summed E-state index contributed by atoms with van der Waals surface area (Å²) in [5.74, 6) is 0. The molecule has 4 heteroatoms. The van der Waals surface area contributed by atoms with Crippen molar-refractivity contribution in [1.82, 2.24) is 20.1 Å². The van der Waals surface area contributed by atoms with Crippen molar-refractivity contribution >= 4 is 0 Å². The molecule has 0 atom stereocenters. The normalized spacial score (nSPS) is 11.1. The molecule has 96 valence electrons. The van der Waals surface area contributed by atoms with Crippen molar-refractivity contribution < 1.29 is 0 Å². The molecule has 0 saturated heterocycles. The Kier molecular flexibility index (Phi) is 4.10. The van der Waals surface area contributed by atoms with Crippen LogP contribution in [0, 0.1) is 6.92 Å². The van der Waals surface area contributed by atoms with Crippen molar-refractivity contribution in [2.45, 2.75) is 39.9 Å². The first-order chi connectivity index (χ1) is 8.66. The molecule has 2 aromatic heterocycles. The molecule has 0 aliphatic rings. The van der Waals surface area contributed by atoms with E-state index in [0.717, 1.165) is 18.8 Å². The van der Waals surface area contributed by atoms with Gasteiger partial charge in [-0.25, -0.2) is 0 Å². The molecule has 0 aromatic carbocycles. The number of nitrogens with zero attached hydrogens (tertiary/aromatic N) is 3. The molecule has 2 heterocycles. The Labute approximate surface area is 108 Å². The Hall–Kier alpha value is -1.68. The quantitative estimate of drug-likeness (QED) is 0.878.